The summed E-state index contributed by atoms with van der Waals surface area (Å²) in [5, 5.41) is 17.5. The van der Waals surface area contributed by atoms with Crippen LogP contribution < -0.4 is 4.72 Å². The minimum absolute atomic E-state index is 0.376. The van der Waals surface area contributed by atoms with Gasteiger partial charge in [-0.05, 0) is 19.8 Å². The Labute approximate surface area is 99.8 Å². The second kappa shape index (κ2) is 5.30. The lowest BCUT2D eigenvalue weighted by Crippen LogP contribution is -2.49. The number of nitrogens with one attached hydrogen (secondary N) is 1. The third-order valence-corrected chi connectivity index (χ3v) is 4.58. The molecule has 1 rings (SSSR count). The summed E-state index contributed by atoms with van der Waals surface area (Å²) in [6, 6.07) is 0. The molecule has 7 nitrogen and oxygen atoms in total. The molecule has 0 spiro atoms. The van der Waals surface area contributed by atoms with Crippen molar-refractivity contribution in [2.24, 2.45) is 0 Å². The van der Waals surface area contributed by atoms with Crippen LogP contribution in [0.1, 0.15) is 19.8 Å². The average Bonchev–Trinajstić information content (AvgIpc) is 2.28. The maximum atomic E-state index is 11.8. The molecule has 1 unspecified atom stereocenters. The molecular weight excluding hydrogens is 250 g/mol. The Morgan fingerprint density at radius 3 is 2.47 bits per heavy atom. The number of carboxylic acid groups (broad SMARTS) is 1. The van der Waals surface area contributed by atoms with Crippen molar-refractivity contribution in [1.82, 2.24) is 4.72 Å². The topological polar surface area (TPSA) is 113 Å². The van der Waals surface area contributed by atoms with Crippen molar-refractivity contribution in [3.05, 3.63) is 0 Å². The fourth-order valence-corrected chi connectivity index (χ4v) is 2.95. The minimum atomic E-state index is -3.60. The standard InChI is InChI=1S/C9H17NO6S/c1-9(13,8(11)12)6-10-17(14,15)7-2-4-16-5-3-7/h7,10,13H,2-6H2,1H3,(H,11,12). The molecule has 17 heavy (non-hydrogen) atoms. The first-order valence-electron chi connectivity index (χ1n) is 5.28. The Balaban J connectivity index is 2.58. The van der Waals surface area contributed by atoms with Gasteiger partial charge in [-0.1, -0.05) is 0 Å². The van der Waals surface area contributed by atoms with Crippen molar-refractivity contribution in [2.45, 2.75) is 30.6 Å². The molecule has 0 aromatic heterocycles. The number of aliphatic hydroxyl groups is 1. The summed E-state index contributed by atoms with van der Waals surface area (Å²) in [5.41, 5.74) is -2.10. The van der Waals surface area contributed by atoms with Crippen LogP contribution in [0.3, 0.4) is 0 Å². The zero-order valence-electron chi connectivity index (χ0n) is 9.55. The normalized spacial score (nSPS) is 22.0. The summed E-state index contributed by atoms with van der Waals surface area (Å²) < 4.78 is 30.7. The summed E-state index contributed by atoms with van der Waals surface area (Å²) in [6.07, 6.45) is 0.759. The summed E-state index contributed by atoms with van der Waals surface area (Å²) in [7, 11) is -3.60. The average molecular weight is 267 g/mol. The quantitative estimate of drug-likeness (QED) is 0.584. The van der Waals surface area contributed by atoms with Crippen LogP contribution in [0.5, 0.6) is 0 Å². The molecule has 0 aromatic carbocycles. The number of rotatable bonds is 5. The van der Waals surface area contributed by atoms with Crippen molar-refractivity contribution in [2.75, 3.05) is 19.8 Å². The molecule has 0 radical (unpaired) electrons. The van der Waals surface area contributed by atoms with Crippen molar-refractivity contribution in [3.63, 3.8) is 0 Å². The van der Waals surface area contributed by atoms with E-state index in [4.69, 9.17) is 9.84 Å². The van der Waals surface area contributed by atoms with Crippen LogP contribution in [0.2, 0.25) is 0 Å². The fourth-order valence-electron chi connectivity index (χ4n) is 1.42. The lowest BCUT2D eigenvalue weighted by atomic mass is 10.1. The molecule has 1 aliphatic rings. The highest BCUT2D eigenvalue weighted by atomic mass is 32.2. The molecule has 0 aliphatic carbocycles. The van der Waals surface area contributed by atoms with Crippen LogP contribution >= 0.6 is 0 Å². The van der Waals surface area contributed by atoms with Gasteiger partial charge >= 0.3 is 5.97 Å². The predicted octanol–water partition coefficient (Wildman–Crippen LogP) is -1.08. The highest BCUT2D eigenvalue weighted by molar-refractivity contribution is 7.90. The van der Waals surface area contributed by atoms with E-state index in [1.54, 1.807) is 0 Å². The van der Waals surface area contributed by atoms with Crippen molar-refractivity contribution in [1.29, 1.82) is 0 Å². The Hall–Kier alpha value is -0.700. The van der Waals surface area contributed by atoms with E-state index in [0.717, 1.165) is 6.92 Å². The molecule has 100 valence electrons. The summed E-state index contributed by atoms with van der Waals surface area (Å²) in [5.74, 6) is -1.47. The first-order valence-corrected chi connectivity index (χ1v) is 6.82. The summed E-state index contributed by atoms with van der Waals surface area (Å²) in [6.45, 7) is 1.26. The SMILES string of the molecule is CC(O)(CNS(=O)(=O)C1CCOCC1)C(=O)O. The Kier molecular flexibility index (Phi) is 4.48. The number of sulfonamides is 1. The Morgan fingerprint density at radius 1 is 1.47 bits per heavy atom. The van der Waals surface area contributed by atoms with Gasteiger partial charge in [0, 0.05) is 19.8 Å². The zero-order chi connectivity index (χ0) is 13.1. The Morgan fingerprint density at radius 2 is 2.00 bits per heavy atom. The van der Waals surface area contributed by atoms with Crippen LogP contribution in [0.15, 0.2) is 0 Å². The summed E-state index contributed by atoms with van der Waals surface area (Å²) in [4.78, 5) is 10.6. The van der Waals surface area contributed by atoms with E-state index in [1.807, 2.05) is 0 Å². The molecule has 0 saturated carbocycles. The van der Waals surface area contributed by atoms with Crippen molar-refractivity contribution in [3.8, 4) is 0 Å². The molecule has 0 aromatic rings. The molecule has 1 atom stereocenters. The number of ether oxygens (including phenoxy) is 1. The van der Waals surface area contributed by atoms with E-state index >= 15 is 0 Å². The van der Waals surface area contributed by atoms with Gasteiger partial charge in [0.05, 0.1) is 5.25 Å². The number of aliphatic carboxylic acids is 1. The van der Waals surface area contributed by atoms with Crippen LogP contribution in [0, 0.1) is 0 Å². The molecule has 1 fully saturated rings. The van der Waals surface area contributed by atoms with Crippen LogP contribution in [-0.2, 0) is 19.6 Å². The first kappa shape index (κ1) is 14.4. The number of carbonyl (C=O) groups is 1. The van der Waals surface area contributed by atoms with E-state index in [-0.39, 0.29) is 0 Å². The van der Waals surface area contributed by atoms with Crippen molar-refractivity contribution >= 4 is 16.0 Å². The molecule has 8 heteroatoms. The van der Waals surface area contributed by atoms with Gasteiger partial charge in [0.1, 0.15) is 0 Å². The second-order valence-electron chi connectivity index (χ2n) is 4.26. The lowest BCUT2D eigenvalue weighted by molar-refractivity contribution is -0.155. The largest absolute Gasteiger partial charge is 0.479 e. The zero-order valence-corrected chi connectivity index (χ0v) is 10.4. The molecule has 1 heterocycles. The highest BCUT2D eigenvalue weighted by Gasteiger charge is 2.34. The van der Waals surface area contributed by atoms with Crippen molar-refractivity contribution < 1.29 is 28.2 Å². The first-order chi connectivity index (χ1) is 7.76. The maximum absolute atomic E-state index is 11.8. The molecule has 0 amide bonds. The van der Waals surface area contributed by atoms with Gasteiger partial charge in [-0.25, -0.2) is 17.9 Å². The second-order valence-corrected chi connectivity index (χ2v) is 6.30. The molecular formula is C9H17NO6S. The van der Waals surface area contributed by atoms with Gasteiger partial charge in [0.25, 0.3) is 0 Å². The molecule has 1 saturated heterocycles. The van der Waals surface area contributed by atoms with Gasteiger partial charge in [0.2, 0.25) is 10.0 Å². The van der Waals surface area contributed by atoms with Gasteiger partial charge in [-0.3, -0.25) is 0 Å². The van der Waals surface area contributed by atoms with Gasteiger partial charge < -0.3 is 14.9 Å². The molecule has 0 bridgehead atoms. The van der Waals surface area contributed by atoms with Gasteiger partial charge in [-0.15, -0.1) is 0 Å². The van der Waals surface area contributed by atoms with E-state index in [1.165, 1.54) is 0 Å². The highest BCUT2D eigenvalue weighted by Crippen LogP contribution is 2.15. The third-order valence-electron chi connectivity index (χ3n) is 2.69. The molecule has 1 aliphatic heterocycles. The van der Waals surface area contributed by atoms with Crippen LogP contribution in [0.25, 0.3) is 0 Å². The fraction of sp³-hybridized carbons (Fsp3) is 0.889. The molecule has 3 N–H and O–H groups in total. The van der Waals surface area contributed by atoms with E-state index < -0.39 is 33.4 Å². The van der Waals surface area contributed by atoms with Crippen LogP contribution in [0.4, 0.5) is 0 Å². The number of hydrogen-bond acceptors (Lipinski definition) is 5. The van der Waals surface area contributed by atoms with Gasteiger partial charge in [-0.2, -0.15) is 0 Å². The smallest absolute Gasteiger partial charge is 0.336 e. The maximum Gasteiger partial charge on any atom is 0.336 e. The van der Waals surface area contributed by atoms with E-state index in [2.05, 4.69) is 4.72 Å². The number of hydrogen-bond donors (Lipinski definition) is 3. The monoisotopic (exact) mass is 267 g/mol. The summed E-state index contributed by atoms with van der Waals surface area (Å²) >= 11 is 0. The predicted molar refractivity (Wildman–Crippen MR) is 59.0 cm³/mol. The lowest BCUT2D eigenvalue weighted by Gasteiger charge is -2.24. The van der Waals surface area contributed by atoms with E-state index in [9.17, 15) is 18.3 Å². The van der Waals surface area contributed by atoms with Crippen LogP contribution in [-0.4, -0.2) is 55.2 Å². The van der Waals surface area contributed by atoms with Gasteiger partial charge in [0.15, 0.2) is 5.60 Å². The van der Waals surface area contributed by atoms with E-state index in [0.29, 0.717) is 26.1 Å². The minimum Gasteiger partial charge on any atom is -0.479 e. The third kappa shape index (κ3) is 3.91. The number of carboxylic acids is 1. The Bertz CT molecular complexity index is 371.